The zero-order valence-corrected chi connectivity index (χ0v) is 13.7. The molecule has 0 bridgehead atoms. The molecule has 11 heteroatoms. The minimum Gasteiger partial charge on any atom is -0.486 e. The molecule has 1 N–H and O–H groups in total. The predicted molar refractivity (Wildman–Crippen MR) is 87.9 cm³/mol. The normalized spacial score (nSPS) is 12.6. The van der Waals surface area contributed by atoms with Crippen molar-refractivity contribution in [1.82, 2.24) is 10.2 Å². The highest BCUT2D eigenvalue weighted by Crippen LogP contribution is 2.31. The highest BCUT2D eigenvalue weighted by atomic mass is 16.6. The fourth-order valence-corrected chi connectivity index (χ4v) is 2.45. The van der Waals surface area contributed by atoms with Crippen LogP contribution in [-0.4, -0.2) is 34.2 Å². The molecule has 1 aromatic carbocycles. The number of nitro groups is 1. The quantitative estimate of drug-likeness (QED) is 0.526. The van der Waals surface area contributed by atoms with Gasteiger partial charge in [-0.15, -0.1) is 5.10 Å². The molecule has 138 valence electrons. The number of nitrogens with one attached hydrogen (secondary N) is 1. The summed E-state index contributed by atoms with van der Waals surface area (Å²) in [5, 5.41) is 20.5. The maximum absolute atomic E-state index is 12.0. The smallest absolute Gasteiger partial charge is 0.433 e. The van der Waals surface area contributed by atoms with Crippen LogP contribution in [0.1, 0.15) is 22.0 Å². The van der Waals surface area contributed by atoms with E-state index < -0.39 is 16.7 Å². The number of aromatic nitrogens is 2. The Morgan fingerprint density at radius 2 is 1.93 bits per heavy atom. The number of anilines is 1. The summed E-state index contributed by atoms with van der Waals surface area (Å²) in [6.45, 7) is 0.996. The third-order valence-corrected chi connectivity index (χ3v) is 3.64. The average Bonchev–Trinajstić information content (AvgIpc) is 3.31. The Bertz CT molecular complexity index is 1010. The summed E-state index contributed by atoms with van der Waals surface area (Å²) < 4.78 is 21.2. The van der Waals surface area contributed by atoms with Gasteiger partial charge in [0, 0.05) is 0 Å². The lowest BCUT2D eigenvalue weighted by atomic mass is 10.1. The number of nitrogens with zero attached hydrogens (tertiary/aromatic N) is 3. The number of ether oxygens (including phenoxy) is 2. The number of rotatable bonds is 5. The number of furan rings is 1. The molecule has 1 aliphatic heterocycles. The molecule has 0 unspecified atom stereocenters. The first-order chi connectivity index (χ1) is 13.1. The van der Waals surface area contributed by atoms with Crippen molar-refractivity contribution in [3.05, 3.63) is 57.7 Å². The number of carbonyl (C=O) groups is 1. The predicted octanol–water partition coefficient (Wildman–Crippen LogP) is 2.19. The minimum absolute atomic E-state index is 0.147. The third kappa shape index (κ3) is 3.56. The van der Waals surface area contributed by atoms with Gasteiger partial charge in [0.15, 0.2) is 17.3 Å². The largest absolute Gasteiger partial charge is 0.486 e. The topological polar surface area (TPSA) is 143 Å². The van der Waals surface area contributed by atoms with E-state index in [0.29, 0.717) is 31.1 Å². The van der Waals surface area contributed by atoms with Crippen LogP contribution < -0.4 is 14.8 Å². The zero-order chi connectivity index (χ0) is 18.8. The molecule has 0 saturated carbocycles. The van der Waals surface area contributed by atoms with E-state index in [-0.39, 0.29) is 17.7 Å². The molecule has 0 spiro atoms. The Morgan fingerprint density at radius 1 is 1.11 bits per heavy atom. The van der Waals surface area contributed by atoms with Crippen molar-refractivity contribution < 1.29 is 28.0 Å². The maximum Gasteiger partial charge on any atom is 0.433 e. The number of fused-ring (bicyclic) bond motifs is 1. The van der Waals surface area contributed by atoms with Gasteiger partial charge in [0.05, 0.1) is 12.5 Å². The Morgan fingerprint density at radius 3 is 2.70 bits per heavy atom. The second-order valence-electron chi connectivity index (χ2n) is 5.50. The molecule has 4 rings (SSSR count). The SMILES string of the molecule is O=C(Nc1nnc(Cc2ccc3c(c2)OCCO3)o1)c1ccc([N+](=O)[O-])o1. The summed E-state index contributed by atoms with van der Waals surface area (Å²) in [5.74, 6) is 0.0746. The third-order valence-electron chi connectivity index (χ3n) is 3.64. The number of hydrogen-bond donors (Lipinski definition) is 1. The Kier molecular flexibility index (Phi) is 4.16. The Labute approximate surface area is 151 Å². The van der Waals surface area contributed by atoms with Crippen LogP contribution in [0.2, 0.25) is 0 Å². The zero-order valence-electron chi connectivity index (χ0n) is 13.7. The molecule has 3 aromatic rings. The van der Waals surface area contributed by atoms with Gasteiger partial charge in [-0.05, 0) is 23.8 Å². The van der Waals surface area contributed by atoms with E-state index >= 15 is 0 Å². The van der Waals surface area contributed by atoms with E-state index in [1.165, 1.54) is 6.07 Å². The highest BCUT2D eigenvalue weighted by Gasteiger charge is 2.19. The summed E-state index contributed by atoms with van der Waals surface area (Å²) in [6.07, 6.45) is 0.325. The van der Waals surface area contributed by atoms with E-state index in [4.69, 9.17) is 18.3 Å². The van der Waals surface area contributed by atoms with Crippen LogP contribution in [0.4, 0.5) is 11.9 Å². The molecule has 0 radical (unpaired) electrons. The molecule has 2 aromatic heterocycles. The lowest BCUT2D eigenvalue weighted by molar-refractivity contribution is -0.402. The van der Waals surface area contributed by atoms with Gasteiger partial charge in [-0.1, -0.05) is 11.2 Å². The van der Waals surface area contributed by atoms with Gasteiger partial charge < -0.3 is 18.3 Å². The summed E-state index contributed by atoms with van der Waals surface area (Å²) in [4.78, 5) is 21.8. The highest BCUT2D eigenvalue weighted by molar-refractivity contribution is 6.01. The number of carbonyl (C=O) groups excluding carboxylic acids is 1. The van der Waals surface area contributed by atoms with Crippen LogP contribution in [0.25, 0.3) is 0 Å². The molecular weight excluding hydrogens is 360 g/mol. The van der Waals surface area contributed by atoms with E-state index in [9.17, 15) is 14.9 Å². The molecule has 3 heterocycles. The van der Waals surface area contributed by atoms with Crippen LogP contribution >= 0.6 is 0 Å². The fraction of sp³-hybridized carbons (Fsp3) is 0.188. The second kappa shape index (κ2) is 6.78. The minimum atomic E-state index is -0.741. The van der Waals surface area contributed by atoms with E-state index in [1.54, 1.807) is 6.07 Å². The lowest BCUT2D eigenvalue weighted by Gasteiger charge is -2.18. The van der Waals surface area contributed by atoms with Crippen LogP contribution in [0.15, 0.2) is 39.2 Å². The first-order valence-electron chi connectivity index (χ1n) is 7.85. The van der Waals surface area contributed by atoms with Crippen molar-refractivity contribution in [2.75, 3.05) is 18.5 Å². The van der Waals surface area contributed by atoms with Gasteiger partial charge in [0.1, 0.15) is 18.1 Å². The standard InChI is InChI=1S/C16H12N4O7/c21-15(11-3-4-14(26-11)20(22)23)17-16-19-18-13(27-16)8-9-1-2-10-12(7-9)25-6-5-24-10/h1-4,7H,5-6,8H2,(H,17,19,21). The van der Waals surface area contributed by atoms with Crippen molar-refractivity contribution in [3.8, 4) is 11.5 Å². The van der Waals surface area contributed by atoms with Crippen molar-refractivity contribution in [2.24, 2.45) is 0 Å². The van der Waals surface area contributed by atoms with E-state index in [2.05, 4.69) is 15.5 Å². The van der Waals surface area contributed by atoms with Crippen LogP contribution in [0.5, 0.6) is 11.5 Å². The van der Waals surface area contributed by atoms with Crippen molar-refractivity contribution >= 4 is 17.8 Å². The second-order valence-corrected chi connectivity index (χ2v) is 5.50. The molecule has 1 amide bonds. The maximum atomic E-state index is 12.0. The average molecular weight is 372 g/mol. The Balaban J connectivity index is 1.42. The fourth-order valence-electron chi connectivity index (χ4n) is 2.45. The van der Waals surface area contributed by atoms with Crippen molar-refractivity contribution in [2.45, 2.75) is 6.42 Å². The van der Waals surface area contributed by atoms with Crippen LogP contribution in [-0.2, 0) is 6.42 Å². The first-order valence-corrected chi connectivity index (χ1v) is 7.85. The number of hydrogen-bond acceptors (Lipinski definition) is 9. The first kappa shape index (κ1) is 16.6. The van der Waals surface area contributed by atoms with Gasteiger partial charge in [0.2, 0.25) is 5.89 Å². The van der Waals surface area contributed by atoms with Gasteiger partial charge in [-0.2, -0.15) is 0 Å². The molecule has 11 nitrogen and oxygen atoms in total. The molecule has 27 heavy (non-hydrogen) atoms. The van der Waals surface area contributed by atoms with E-state index in [0.717, 1.165) is 11.6 Å². The molecule has 1 aliphatic rings. The van der Waals surface area contributed by atoms with Gasteiger partial charge in [-0.3, -0.25) is 20.2 Å². The van der Waals surface area contributed by atoms with E-state index in [1.807, 2.05) is 12.1 Å². The monoisotopic (exact) mass is 372 g/mol. The van der Waals surface area contributed by atoms with Gasteiger partial charge in [0.25, 0.3) is 5.91 Å². The molecule has 0 aliphatic carbocycles. The molecule has 0 atom stereocenters. The summed E-state index contributed by atoms with van der Waals surface area (Å²) >= 11 is 0. The number of amides is 1. The van der Waals surface area contributed by atoms with Crippen molar-refractivity contribution in [3.63, 3.8) is 0 Å². The van der Waals surface area contributed by atoms with Gasteiger partial charge >= 0.3 is 11.9 Å². The van der Waals surface area contributed by atoms with Crippen LogP contribution in [0.3, 0.4) is 0 Å². The molecular formula is C16H12N4O7. The summed E-state index contributed by atoms with van der Waals surface area (Å²) in [6, 6.07) is 7.58. The lowest BCUT2D eigenvalue weighted by Crippen LogP contribution is -2.15. The van der Waals surface area contributed by atoms with Crippen LogP contribution in [0, 0.1) is 10.1 Å². The van der Waals surface area contributed by atoms with Gasteiger partial charge in [-0.25, -0.2) is 0 Å². The summed E-state index contributed by atoms with van der Waals surface area (Å²) in [7, 11) is 0. The Hall–Kier alpha value is -3.89. The number of benzene rings is 1. The molecule has 0 fully saturated rings. The summed E-state index contributed by atoms with van der Waals surface area (Å²) in [5.41, 5.74) is 0.863. The molecule has 0 saturated heterocycles. The van der Waals surface area contributed by atoms with Crippen molar-refractivity contribution in [1.29, 1.82) is 0 Å².